The summed E-state index contributed by atoms with van der Waals surface area (Å²) in [6.07, 6.45) is 4.53. The molecular weight excluding hydrogens is 737 g/mol. The third kappa shape index (κ3) is 5.69. The number of benzene rings is 8. The summed E-state index contributed by atoms with van der Waals surface area (Å²) in [6, 6.07) is 67.6. The third-order valence-corrected chi connectivity index (χ3v) is 14.0. The Balaban J connectivity index is 0.893. The Morgan fingerprint density at radius 3 is 1.23 bits per heavy atom. The second kappa shape index (κ2) is 13.6. The number of nitrogens with zero attached hydrogens (tertiary/aromatic N) is 2. The Kier molecular flexibility index (Phi) is 8.25. The standard InChI is InChI=1S/C59H50N2/c1-57(2)47-21-7-11-25-53(47)60(54-26-12-8-22-48(54)57)43-20-16-19-42(37-43)41-18-15-17-39(35-41)29-30-40-31-33-45-46-34-32-44(38-52(46)59(5,6)51(45)36-40)61-55-27-13-9-23-49(55)58(3,4)50-24-10-14-28-56(50)61/h7-38H,1-6H3/b30-29+. The van der Waals surface area contributed by atoms with Crippen LogP contribution in [0.2, 0.25) is 0 Å². The van der Waals surface area contributed by atoms with Crippen molar-refractivity contribution in [3.8, 4) is 22.3 Å². The molecule has 0 unspecified atom stereocenters. The molecule has 0 saturated heterocycles. The highest BCUT2D eigenvalue weighted by atomic mass is 15.2. The fraction of sp³-hybridized carbons (Fsp3) is 0.153. The molecule has 61 heavy (non-hydrogen) atoms. The van der Waals surface area contributed by atoms with E-state index in [1.807, 2.05) is 0 Å². The minimum atomic E-state index is -0.158. The van der Waals surface area contributed by atoms with Crippen LogP contribution in [0.3, 0.4) is 0 Å². The van der Waals surface area contributed by atoms with Crippen LogP contribution in [-0.4, -0.2) is 0 Å². The van der Waals surface area contributed by atoms with Gasteiger partial charge in [0.15, 0.2) is 0 Å². The highest BCUT2D eigenvalue weighted by molar-refractivity contribution is 5.91. The van der Waals surface area contributed by atoms with E-state index in [0.29, 0.717) is 0 Å². The maximum absolute atomic E-state index is 2.47. The van der Waals surface area contributed by atoms with Crippen molar-refractivity contribution in [2.24, 2.45) is 0 Å². The van der Waals surface area contributed by atoms with Crippen LogP contribution in [0.4, 0.5) is 34.1 Å². The molecule has 1 aliphatic carbocycles. The Bertz CT molecular complexity index is 2990. The van der Waals surface area contributed by atoms with Gasteiger partial charge >= 0.3 is 0 Å². The summed E-state index contributed by atoms with van der Waals surface area (Å²) >= 11 is 0. The molecular formula is C59H50N2. The van der Waals surface area contributed by atoms with Gasteiger partial charge in [0.1, 0.15) is 0 Å². The fourth-order valence-electron chi connectivity index (χ4n) is 10.7. The van der Waals surface area contributed by atoms with Gasteiger partial charge in [-0.15, -0.1) is 0 Å². The minimum Gasteiger partial charge on any atom is -0.310 e. The van der Waals surface area contributed by atoms with Crippen molar-refractivity contribution in [1.29, 1.82) is 0 Å². The zero-order valence-corrected chi connectivity index (χ0v) is 35.9. The molecule has 2 heteroatoms. The molecule has 0 spiro atoms. The predicted molar refractivity (Wildman–Crippen MR) is 258 cm³/mol. The molecule has 8 aromatic rings. The summed E-state index contributed by atoms with van der Waals surface area (Å²) in [6.45, 7) is 14.1. The number of anilines is 6. The lowest BCUT2D eigenvalue weighted by Crippen LogP contribution is -2.30. The average molecular weight is 787 g/mol. The number of para-hydroxylation sites is 4. The van der Waals surface area contributed by atoms with Gasteiger partial charge in [-0.3, -0.25) is 0 Å². The smallest absolute Gasteiger partial charge is 0.0502 e. The zero-order valence-electron chi connectivity index (χ0n) is 35.9. The van der Waals surface area contributed by atoms with E-state index in [9.17, 15) is 0 Å². The lowest BCUT2D eigenvalue weighted by Gasteiger charge is -2.42. The fourth-order valence-corrected chi connectivity index (χ4v) is 10.7. The normalized spacial score (nSPS) is 16.0. The van der Waals surface area contributed by atoms with Crippen LogP contribution < -0.4 is 9.80 Å². The van der Waals surface area contributed by atoms with Crippen LogP contribution in [0.5, 0.6) is 0 Å². The van der Waals surface area contributed by atoms with Crippen molar-refractivity contribution in [3.05, 3.63) is 226 Å². The van der Waals surface area contributed by atoms with Crippen LogP contribution in [0, 0.1) is 0 Å². The van der Waals surface area contributed by atoms with Gasteiger partial charge in [0.2, 0.25) is 0 Å². The van der Waals surface area contributed by atoms with Crippen molar-refractivity contribution < 1.29 is 0 Å². The van der Waals surface area contributed by atoms with Crippen molar-refractivity contribution >= 4 is 46.3 Å². The monoisotopic (exact) mass is 786 g/mol. The van der Waals surface area contributed by atoms with Gasteiger partial charge in [-0.2, -0.15) is 0 Å². The highest BCUT2D eigenvalue weighted by Gasteiger charge is 2.40. The minimum absolute atomic E-state index is 0.0853. The van der Waals surface area contributed by atoms with E-state index in [2.05, 4.69) is 245 Å². The van der Waals surface area contributed by atoms with Crippen molar-refractivity contribution in [2.45, 2.75) is 57.8 Å². The van der Waals surface area contributed by atoms with E-state index in [4.69, 9.17) is 0 Å². The molecule has 3 aliphatic rings. The molecule has 8 aromatic carbocycles. The maximum atomic E-state index is 2.47. The van der Waals surface area contributed by atoms with Gasteiger partial charge in [-0.1, -0.05) is 181 Å². The number of rotatable bonds is 5. The van der Waals surface area contributed by atoms with E-state index >= 15 is 0 Å². The SMILES string of the molecule is CC1(C)c2cc(/C=C/c3cccc(-c4cccc(N5c6ccccc6C(C)(C)c6ccccc65)c4)c3)ccc2-c2ccc(N3c4ccccc4C(C)(C)c4ccccc43)cc21. The van der Waals surface area contributed by atoms with Crippen LogP contribution >= 0.6 is 0 Å². The quantitative estimate of drug-likeness (QED) is 0.160. The summed E-state index contributed by atoms with van der Waals surface area (Å²) in [4.78, 5) is 4.91. The molecule has 0 bridgehead atoms. The van der Waals surface area contributed by atoms with Gasteiger partial charge in [0.25, 0.3) is 0 Å². The van der Waals surface area contributed by atoms with Crippen LogP contribution in [-0.2, 0) is 16.2 Å². The summed E-state index contributed by atoms with van der Waals surface area (Å²) in [5, 5.41) is 0. The first-order valence-corrected chi connectivity index (χ1v) is 21.7. The van der Waals surface area contributed by atoms with E-state index < -0.39 is 0 Å². The van der Waals surface area contributed by atoms with Crippen LogP contribution in [0.25, 0.3) is 34.4 Å². The molecule has 2 aliphatic heterocycles. The molecule has 2 nitrogen and oxygen atoms in total. The van der Waals surface area contributed by atoms with E-state index in [-0.39, 0.29) is 16.2 Å². The second-order valence-corrected chi connectivity index (χ2v) is 18.7. The lowest BCUT2D eigenvalue weighted by atomic mass is 9.73. The number of fused-ring (bicyclic) bond motifs is 7. The maximum Gasteiger partial charge on any atom is 0.0502 e. The molecule has 2 heterocycles. The summed E-state index contributed by atoms with van der Waals surface area (Å²) in [7, 11) is 0. The molecule has 0 saturated carbocycles. The summed E-state index contributed by atoms with van der Waals surface area (Å²) in [5.74, 6) is 0. The molecule has 296 valence electrons. The molecule has 0 atom stereocenters. The van der Waals surface area contributed by atoms with E-state index in [1.54, 1.807) is 0 Å². The van der Waals surface area contributed by atoms with E-state index in [1.165, 1.54) is 95.2 Å². The molecule has 0 fully saturated rings. The Morgan fingerprint density at radius 2 is 0.705 bits per heavy atom. The number of hydrogen-bond acceptors (Lipinski definition) is 2. The second-order valence-electron chi connectivity index (χ2n) is 18.7. The van der Waals surface area contributed by atoms with Crippen molar-refractivity contribution in [3.63, 3.8) is 0 Å². The Hall–Kier alpha value is -6.90. The Morgan fingerprint density at radius 1 is 0.311 bits per heavy atom. The summed E-state index contributed by atoms with van der Waals surface area (Å²) in [5.41, 5.74) is 22.6. The zero-order chi connectivity index (χ0) is 41.7. The first-order chi connectivity index (χ1) is 29.5. The molecule has 11 rings (SSSR count). The van der Waals surface area contributed by atoms with Crippen LogP contribution in [0.1, 0.15) is 86.1 Å². The average Bonchev–Trinajstić information content (AvgIpc) is 3.51. The van der Waals surface area contributed by atoms with Gasteiger partial charge in [0.05, 0.1) is 22.7 Å². The van der Waals surface area contributed by atoms with Gasteiger partial charge in [0, 0.05) is 27.6 Å². The largest absolute Gasteiger partial charge is 0.310 e. The lowest BCUT2D eigenvalue weighted by molar-refractivity contribution is 0.631. The van der Waals surface area contributed by atoms with E-state index in [0.717, 1.165) is 5.69 Å². The first kappa shape index (κ1) is 37.1. The topological polar surface area (TPSA) is 6.48 Å². The van der Waals surface area contributed by atoms with Gasteiger partial charge in [-0.05, 0) is 121 Å². The molecule has 0 radical (unpaired) electrons. The van der Waals surface area contributed by atoms with Crippen molar-refractivity contribution in [1.82, 2.24) is 0 Å². The third-order valence-electron chi connectivity index (χ3n) is 14.0. The predicted octanol–water partition coefficient (Wildman–Crippen LogP) is 16.0. The first-order valence-electron chi connectivity index (χ1n) is 21.7. The molecule has 0 amide bonds. The van der Waals surface area contributed by atoms with Gasteiger partial charge in [-0.25, -0.2) is 0 Å². The summed E-state index contributed by atoms with van der Waals surface area (Å²) < 4.78 is 0. The molecule has 0 N–H and O–H groups in total. The highest BCUT2D eigenvalue weighted by Crippen LogP contribution is 2.55. The van der Waals surface area contributed by atoms with Gasteiger partial charge < -0.3 is 9.80 Å². The van der Waals surface area contributed by atoms with Crippen LogP contribution in [0.15, 0.2) is 182 Å². The Labute approximate surface area is 361 Å². The number of hydrogen-bond donors (Lipinski definition) is 0. The van der Waals surface area contributed by atoms with Crippen molar-refractivity contribution in [2.75, 3.05) is 9.80 Å². The molecule has 0 aromatic heterocycles.